The first-order valence-corrected chi connectivity index (χ1v) is 9.86. The quantitative estimate of drug-likeness (QED) is 0.498. The van der Waals surface area contributed by atoms with Crippen LogP contribution < -0.4 is 5.32 Å². The molecule has 146 valence electrons. The standard InChI is InChI=1S/C21H18FN5OS/c1-13-12-14(2)27-20(23-13)25-21(26-27)29-18(15-6-4-3-5-7-15)19(28)24-17-10-8-16(22)9-11-17/h3-12,18H,1-2H3,(H,24,28)/t18-/m0/s1. The van der Waals surface area contributed by atoms with Crippen molar-refractivity contribution in [2.45, 2.75) is 24.3 Å². The van der Waals surface area contributed by atoms with E-state index in [9.17, 15) is 9.18 Å². The fraction of sp³-hybridized carbons (Fsp3) is 0.143. The van der Waals surface area contributed by atoms with Crippen LogP contribution in [0.5, 0.6) is 0 Å². The van der Waals surface area contributed by atoms with Gasteiger partial charge >= 0.3 is 0 Å². The van der Waals surface area contributed by atoms with Gasteiger partial charge in [-0.2, -0.15) is 4.98 Å². The lowest BCUT2D eigenvalue weighted by atomic mass is 10.1. The van der Waals surface area contributed by atoms with E-state index in [1.165, 1.54) is 36.0 Å². The van der Waals surface area contributed by atoms with Crippen molar-refractivity contribution in [1.82, 2.24) is 19.6 Å². The van der Waals surface area contributed by atoms with Crippen molar-refractivity contribution in [3.63, 3.8) is 0 Å². The molecule has 0 aliphatic heterocycles. The maximum Gasteiger partial charge on any atom is 0.253 e. The van der Waals surface area contributed by atoms with Gasteiger partial charge in [0.05, 0.1) is 0 Å². The molecule has 1 amide bonds. The Kier molecular flexibility index (Phi) is 5.26. The summed E-state index contributed by atoms with van der Waals surface area (Å²) < 4.78 is 14.8. The molecule has 29 heavy (non-hydrogen) atoms. The van der Waals surface area contributed by atoms with Crippen LogP contribution in [0.25, 0.3) is 5.78 Å². The van der Waals surface area contributed by atoms with Gasteiger partial charge in [0.15, 0.2) is 0 Å². The molecule has 4 aromatic rings. The Morgan fingerprint density at radius 1 is 1.07 bits per heavy atom. The zero-order valence-corrected chi connectivity index (χ0v) is 16.7. The van der Waals surface area contributed by atoms with E-state index in [0.717, 1.165) is 17.0 Å². The molecule has 0 spiro atoms. The van der Waals surface area contributed by atoms with E-state index in [1.807, 2.05) is 50.2 Å². The zero-order chi connectivity index (χ0) is 20.4. The van der Waals surface area contributed by atoms with E-state index >= 15 is 0 Å². The first kappa shape index (κ1) is 19.1. The molecule has 2 heterocycles. The van der Waals surface area contributed by atoms with Crippen LogP contribution in [-0.4, -0.2) is 25.5 Å². The molecule has 2 aromatic carbocycles. The van der Waals surface area contributed by atoms with Crippen molar-refractivity contribution in [2.24, 2.45) is 0 Å². The van der Waals surface area contributed by atoms with Crippen LogP contribution in [0.4, 0.5) is 10.1 Å². The molecule has 0 unspecified atom stereocenters. The van der Waals surface area contributed by atoms with Crippen LogP contribution in [0, 0.1) is 19.7 Å². The first-order valence-electron chi connectivity index (χ1n) is 8.98. The summed E-state index contributed by atoms with van der Waals surface area (Å²) in [6.45, 7) is 3.83. The number of rotatable bonds is 5. The highest BCUT2D eigenvalue weighted by atomic mass is 32.2. The summed E-state index contributed by atoms with van der Waals surface area (Å²) >= 11 is 1.24. The molecule has 4 rings (SSSR count). The average molecular weight is 407 g/mol. The number of fused-ring (bicyclic) bond motifs is 1. The normalized spacial score (nSPS) is 12.1. The minimum atomic E-state index is -0.583. The molecule has 1 atom stereocenters. The Bertz CT molecular complexity index is 1160. The SMILES string of the molecule is Cc1cc(C)n2nc(S[C@H](C(=O)Nc3ccc(F)cc3)c3ccccc3)nc2n1. The van der Waals surface area contributed by atoms with Crippen molar-refractivity contribution >= 4 is 29.1 Å². The van der Waals surface area contributed by atoms with E-state index in [-0.39, 0.29) is 11.7 Å². The first-order chi connectivity index (χ1) is 14.0. The Labute approximate surface area is 171 Å². The van der Waals surface area contributed by atoms with Crippen molar-refractivity contribution in [3.8, 4) is 0 Å². The molecule has 8 heteroatoms. The van der Waals surface area contributed by atoms with Gasteiger partial charge in [-0.1, -0.05) is 42.1 Å². The highest BCUT2D eigenvalue weighted by Gasteiger charge is 2.24. The summed E-state index contributed by atoms with van der Waals surface area (Å²) in [6, 6.07) is 17.0. The number of amides is 1. The lowest BCUT2D eigenvalue weighted by Crippen LogP contribution is -2.19. The number of nitrogens with zero attached hydrogens (tertiary/aromatic N) is 4. The molecule has 0 fully saturated rings. The second-order valence-electron chi connectivity index (χ2n) is 6.55. The van der Waals surface area contributed by atoms with E-state index in [4.69, 9.17) is 0 Å². The number of hydrogen-bond donors (Lipinski definition) is 1. The highest BCUT2D eigenvalue weighted by molar-refractivity contribution is 8.00. The summed E-state index contributed by atoms with van der Waals surface area (Å²) in [5, 5.41) is 7.20. The van der Waals surface area contributed by atoms with Gasteiger partial charge in [0.2, 0.25) is 11.1 Å². The van der Waals surface area contributed by atoms with Crippen molar-refractivity contribution in [1.29, 1.82) is 0 Å². The Morgan fingerprint density at radius 2 is 1.79 bits per heavy atom. The zero-order valence-electron chi connectivity index (χ0n) is 15.8. The van der Waals surface area contributed by atoms with Gasteiger partial charge in [0.1, 0.15) is 11.1 Å². The fourth-order valence-corrected chi connectivity index (χ4v) is 3.88. The van der Waals surface area contributed by atoms with E-state index in [2.05, 4.69) is 20.4 Å². The summed E-state index contributed by atoms with van der Waals surface area (Å²) in [6.07, 6.45) is 0. The number of nitrogens with one attached hydrogen (secondary N) is 1. The third-order valence-corrected chi connectivity index (χ3v) is 5.38. The number of thioether (sulfide) groups is 1. The Balaban J connectivity index is 1.65. The van der Waals surface area contributed by atoms with E-state index < -0.39 is 5.25 Å². The summed E-state index contributed by atoms with van der Waals surface area (Å²) in [5.41, 5.74) is 3.11. The molecule has 0 aliphatic rings. The van der Waals surface area contributed by atoms with Crippen LogP contribution in [0.2, 0.25) is 0 Å². The number of aryl methyl sites for hydroxylation is 2. The molecule has 0 bridgehead atoms. The van der Waals surface area contributed by atoms with Crippen LogP contribution in [0.1, 0.15) is 22.2 Å². The number of carbonyl (C=O) groups excluding carboxylic acids is 1. The minimum absolute atomic E-state index is 0.243. The van der Waals surface area contributed by atoms with Gasteiger partial charge in [0.25, 0.3) is 5.78 Å². The Morgan fingerprint density at radius 3 is 2.52 bits per heavy atom. The van der Waals surface area contributed by atoms with Gasteiger partial charge in [-0.25, -0.2) is 13.9 Å². The van der Waals surface area contributed by atoms with Gasteiger partial charge in [-0.15, -0.1) is 5.10 Å². The van der Waals surface area contributed by atoms with Crippen molar-refractivity contribution in [2.75, 3.05) is 5.32 Å². The number of anilines is 1. The lowest BCUT2D eigenvalue weighted by molar-refractivity contribution is -0.115. The second-order valence-corrected chi connectivity index (χ2v) is 7.62. The topological polar surface area (TPSA) is 72.2 Å². The van der Waals surface area contributed by atoms with Crippen LogP contribution in [-0.2, 0) is 4.79 Å². The molecular weight excluding hydrogens is 389 g/mol. The van der Waals surface area contributed by atoms with Crippen LogP contribution in [0.3, 0.4) is 0 Å². The molecule has 2 aromatic heterocycles. The van der Waals surface area contributed by atoms with Gasteiger partial charge in [-0.05, 0) is 49.7 Å². The summed E-state index contributed by atoms with van der Waals surface area (Å²) in [4.78, 5) is 21.9. The number of aromatic nitrogens is 4. The number of benzene rings is 2. The van der Waals surface area contributed by atoms with Gasteiger partial charge < -0.3 is 5.32 Å². The third-order valence-electron chi connectivity index (χ3n) is 4.27. The Hall–Kier alpha value is -3.26. The molecular formula is C21H18FN5OS. The van der Waals surface area contributed by atoms with E-state index in [1.54, 1.807) is 4.52 Å². The summed E-state index contributed by atoms with van der Waals surface area (Å²) in [5.74, 6) is -0.104. The molecule has 1 N–H and O–H groups in total. The number of carbonyl (C=O) groups is 1. The van der Waals surface area contributed by atoms with Crippen LogP contribution >= 0.6 is 11.8 Å². The molecule has 0 saturated carbocycles. The third kappa shape index (κ3) is 4.27. The fourth-order valence-electron chi connectivity index (χ4n) is 2.95. The maximum absolute atomic E-state index is 13.2. The molecule has 6 nitrogen and oxygen atoms in total. The lowest BCUT2D eigenvalue weighted by Gasteiger charge is -2.15. The van der Waals surface area contributed by atoms with Crippen molar-refractivity contribution < 1.29 is 9.18 Å². The summed E-state index contributed by atoms with van der Waals surface area (Å²) in [7, 11) is 0. The number of hydrogen-bond acceptors (Lipinski definition) is 5. The second kappa shape index (κ2) is 8.00. The monoisotopic (exact) mass is 407 g/mol. The molecule has 0 saturated heterocycles. The highest BCUT2D eigenvalue weighted by Crippen LogP contribution is 2.34. The number of halogens is 1. The molecule has 0 aliphatic carbocycles. The van der Waals surface area contributed by atoms with E-state index in [0.29, 0.717) is 16.6 Å². The maximum atomic E-state index is 13.2. The predicted octanol–water partition coefficient (Wildman–Crippen LogP) is 4.35. The average Bonchev–Trinajstić information content (AvgIpc) is 3.11. The van der Waals surface area contributed by atoms with Gasteiger partial charge in [0, 0.05) is 17.1 Å². The minimum Gasteiger partial charge on any atom is -0.325 e. The molecule has 0 radical (unpaired) electrons. The van der Waals surface area contributed by atoms with Crippen molar-refractivity contribution in [3.05, 3.63) is 83.4 Å². The largest absolute Gasteiger partial charge is 0.325 e. The van der Waals surface area contributed by atoms with Gasteiger partial charge in [-0.3, -0.25) is 4.79 Å². The smallest absolute Gasteiger partial charge is 0.253 e. The van der Waals surface area contributed by atoms with Crippen LogP contribution in [0.15, 0.2) is 65.8 Å². The predicted molar refractivity (Wildman–Crippen MR) is 110 cm³/mol.